The van der Waals surface area contributed by atoms with Crippen LogP contribution in [0.1, 0.15) is 12.0 Å². The van der Waals surface area contributed by atoms with Crippen LogP contribution in [0.25, 0.3) is 6.08 Å². The highest BCUT2D eigenvalue weighted by atomic mass is 16.5. The third-order valence-corrected chi connectivity index (χ3v) is 3.54. The average molecular weight is 382 g/mol. The normalized spacial score (nSPS) is 10.3. The van der Waals surface area contributed by atoms with Crippen LogP contribution in [-0.4, -0.2) is 32.3 Å². The van der Waals surface area contributed by atoms with Crippen molar-refractivity contribution in [3.8, 4) is 17.2 Å². The third-order valence-electron chi connectivity index (χ3n) is 3.54. The van der Waals surface area contributed by atoms with Crippen molar-refractivity contribution in [3.63, 3.8) is 0 Å². The summed E-state index contributed by atoms with van der Waals surface area (Å²) in [4.78, 5) is 22.8. The van der Waals surface area contributed by atoms with Gasteiger partial charge in [-0.25, -0.2) is 9.59 Å². The molecule has 0 saturated heterocycles. The van der Waals surface area contributed by atoms with E-state index in [2.05, 4.69) is 6.58 Å². The first-order chi connectivity index (χ1) is 13.6. The summed E-state index contributed by atoms with van der Waals surface area (Å²) >= 11 is 0. The Hall–Kier alpha value is -3.54. The lowest BCUT2D eigenvalue weighted by Crippen LogP contribution is -2.06. The summed E-state index contributed by atoms with van der Waals surface area (Å²) < 4.78 is 20.7. The highest BCUT2D eigenvalue weighted by Crippen LogP contribution is 2.18. The Labute approximate surface area is 164 Å². The lowest BCUT2D eigenvalue weighted by Gasteiger charge is -2.07. The van der Waals surface area contributed by atoms with Crippen LogP contribution < -0.4 is 14.2 Å². The van der Waals surface area contributed by atoms with Gasteiger partial charge >= 0.3 is 11.9 Å². The van der Waals surface area contributed by atoms with Crippen LogP contribution in [0.3, 0.4) is 0 Å². The number of rotatable bonds is 10. The summed E-state index contributed by atoms with van der Waals surface area (Å²) in [5.74, 6) is 0.862. The van der Waals surface area contributed by atoms with Crippen LogP contribution in [0.15, 0.2) is 67.3 Å². The molecule has 2 rings (SSSR count). The molecule has 0 N–H and O–H groups in total. The first-order valence-electron chi connectivity index (χ1n) is 8.66. The minimum Gasteiger partial charge on any atom is -0.497 e. The van der Waals surface area contributed by atoms with Crippen molar-refractivity contribution >= 4 is 18.0 Å². The first kappa shape index (κ1) is 20.8. The lowest BCUT2D eigenvalue weighted by molar-refractivity contribution is -0.138. The minimum atomic E-state index is -0.478. The maximum absolute atomic E-state index is 11.9. The Balaban J connectivity index is 1.74. The SMILES string of the molecule is C=CC(=O)OCCCOc1ccc(OC(=O)/C=C/c2ccc(OC)cc2)cc1. The van der Waals surface area contributed by atoms with Gasteiger partial charge in [0.25, 0.3) is 0 Å². The average Bonchev–Trinajstić information content (AvgIpc) is 2.73. The number of carbonyl (C=O) groups excluding carboxylic acids is 2. The number of esters is 2. The molecule has 0 aliphatic rings. The van der Waals surface area contributed by atoms with Crippen molar-refractivity contribution in [2.45, 2.75) is 6.42 Å². The van der Waals surface area contributed by atoms with E-state index in [9.17, 15) is 9.59 Å². The largest absolute Gasteiger partial charge is 0.497 e. The molecule has 28 heavy (non-hydrogen) atoms. The van der Waals surface area contributed by atoms with Gasteiger partial charge in [0.15, 0.2) is 0 Å². The predicted molar refractivity (Wildman–Crippen MR) is 105 cm³/mol. The number of hydrogen-bond acceptors (Lipinski definition) is 6. The zero-order valence-electron chi connectivity index (χ0n) is 15.6. The molecule has 0 atom stereocenters. The van der Waals surface area contributed by atoms with Gasteiger partial charge < -0.3 is 18.9 Å². The van der Waals surface area contributed by atoms with Crippen molar-refractivity contribution in [2.24, 2.45) is 0 Å². The zero-order valence-corrected chi connectivity index (χ0v) is 15.6. The van der Waals surface area contributed by atoms with E-state index in [0.29, 0.717) is 24.5 Å². The molecule has 0 amide bonds. The number of benzene rings is 2. The summed E-state index contributed by atoms with van der Waals surface area (Å²) in [5.41, 5.74) is 0.861. The van der Waals surface area contributed by atoms with Gasteiger partial charge in [0.05, 0.1) is 20.3 Å². The van der Waals surface area contributed by atoms with Crippen LogP contribution in [-0.2, 0) is 14.3 Å². The zero-order chi connectivity index (χ0) is 20.2. The second-order valence-corrected chi connectivity index (χ2v) is 5.57. The van der Waals surface area contributed by atoms with Crippen molar-refractivity contribution in [2.75, 3.05) is 20.3 Å². The third kappa shape index (κ3) is 7.37. The van der Waals surface area contributed by atoms with E-state index in [4.69, 9.17) is 18.9 Å². The summed E-state index contributed by atoms with van der Waals surface area (Å²) in [6, 6.07) is 14.0. The van der Waals surface area contributed by atoms with Gasteiger partial charge in [-0.05, 0) is 48.0 Å². The van der Waals surface area contributed by atoms with E-state index in [1.54, 1.807) is 37.5 Å². The molecule has 0 aliphatic carbocycles. The lowest BCUT2D eigenvalue weighted by atomic mass is 10.2. The Morgan fingerprint density at radius 3 is 2.18 bits per heavy atom. The topological polar surface area (TPSA) is 71.1 Å². The number of carbonyl (C=O) groups is 2. The van der Waals surface area contributed by atoms with Gasteiger partial charge in [0.1, 0.15) is 17.2 Å². The molecule has 6 nitrogen and oxygen atoms in total. The van der Waals surface area contributed by atoms with Gasteiger partial charge in [-0.2, -0.15) is 0 Å². The van der Waals surface area contributed by atoms with E-state index in [1.807, 2.05) is 24.3 Å². The van der Waals surface area contributed by atoms with Crippen molar-refractivity contribution in [3.05, 3.63) is 72.8 Å². The molecule has 0 bridgehead atoms. The molecule has 2 aromatic rings. The van der Waals surface area contributed by atoms with Crippen LogP contribution in [0.2, 0.25) is 0 Å². The molecule has 0 aliphatic heterocycles. The van der Waals surface area contributed by atoms with Crippen LogP contribution in [0.5, 0.6) is 17.2 Å². The molecule has 0 unspecified atom stereocenters. The Morgan fingerprint density at radius 1 is 0.893 bits per heavy atom. The fraction of sp³-hybridized carbons (Fsp3) is 0.182. The predicted octanol–water partition coefficient (Wildman–Crippen LogP) is 3.81. The van der Waals surface area contributed by atoms with Gasteiger partial charge in [0.2, 0.25) is 0 Å². The summed E-state index contributed by atoms with van der Waals surface area (Å²) in [7, 11) is 1.60. The summed E-state index contributed by atoms with van der Waals surface area (Å²) in [6.45, 7) is 3.98. The number of hydrogen-bond donors (Lipinski definition) is 0. The van der Waals surface area contributed by atoms with Crippen molar-refractivity contribution < 1.29 is 28.5 Å². The van der Waals surface area contributed by atoms with Crippen LogP contribution >= 0.6 is 0 Å². The maximum atomic E-state index is 11.9. The van der Waals surface area contributed by atoms with E-state index < -0.39 is 11.9 Å². The second-order valence-electron chi connectivity index (χ2n) is 5.57. The second kappa shape index (κ2) is 11.2. The first-order valence-corrected chi connectivity index (χ1v) is 8.66. The fourth-order valence-corrected chi connectivity index (χ4v) is 2.11. The van der Waals surface area contributed by atoms with Gasteiger partial charge in [0, 0.05) is 18.6 Å². The van der Waals surface area contributed by atoms with Crippen molar-refractivity contribution in [1.82, 2.24) is 0 Å². The van der Waals surface area contributed by atoms with Gasteiger partial charge in [-0.15, -0.1) is 0 Å². The highest BCUT2D eigenvalue weighted by molar-refractivity contribution is 5.88. The molecule has 0 fully saturated rings. The molecule has 0 spiro atoms. The molecule has 0 radical (unpaired) electrons. The molecule has 0 aromatic heterocycles. The smallest absolute Gasteiger partial charge is 0.336 e. The van der Waals surface area contributed by atoms with Crippen molar-refractivity contribution in [1.29, 1.82) is 0 Å². The van der Waals surface area contributed by atoms with Crippen LogP contribution in [0.4, 0.5) is 0 Å². The monoisotopic (exact) mass is 382 g/mol. The Kier molecular flexibility index (Phi) is 8.33. The molecule has 0 heterocycles. The maximum Gasteiger partial charge on any atom is 0.336 e. The molecular formula is C22H22O6. The molecule has 6 heteroatoms. The standard InChI is InChI=1S/C22H22O6/c1-3-21(23)27-16-4-15-26-19-10-12-20(13-11-19)28-22(24)14-7-17-5-8-18(25-2)9-6-17/h3,5-14H,1,4,15-16H2,2H3/b14-7+. The molecule has 146 valence electrons. The molecule has 2 aromatic carbocycles. The van der Waals surface area contributed by atoms with Gasteiger partial charge in [-0.3, -0.25) is 0 Å². The Bertz CT molecular complexity index is 806. The number of ether oxygens (including phenoxy) is 4. The number of methoxy groups -OCH3 is 1. The summed E-state index contributed by atoms with van der Waals surface area (Å²) in [6.07, 6.45) is 4.70. The molecular weight excluding hydrogens is 360 g/mol. The van der Waals surface area contributed by atoms with Crippen LogP contribution in [0, 0.1) is 0 Å². The quantitative estimate of drug-likeness (QED) is 0.269. The van der Waals surface area contributed by atoms with Gasteiger partial charge in [-0.1, -0.05) is 18.7 Å². The highest BCUT2D eigenvalue weighted by Gasteiger charge is 2.02. The van der Waals surface area contributed by atoms with E-state index in [1.165, 1.54) is 6.08 Å². The van der Waals surface area contributed by atoms with E-state index in [-0.39, 0.29) is 6.61 Å². The van der Waals surface area contributed by atoms with E-state index >= 15 is 0 Å². The summed E-state index contributed by atoms with van der Waals surface area (Å²) in [5, 5.41) is 0. The Morgan fingerprint density at radius 2 is 1.54 bits per heavy atom. The van der Waals surface area contributed by atoms with E-state index in [0.717, 1.165) is 17.4 Å². The fourth-order valence-electron chi connectivity index (χ4n) is 2.11. The minimum absolute atomic E-state index is 0.265. The molecule has 0 saturated carbocycles.